The topological polar surface area (TPSA) is 74.1 Å². The maximum atomic E-state index is 5.67. The lowest BCUT2D eigenvalue weighted by molar-refractivity contribution is 0.368. The molecular formula is C12H17N5O2. The third kappa shape index (κ3) is 2.75. The number of rotatable bonds is 5. The Bertz CT molecular complexity index is 553. The van der Waals surface area contributed by atoms with Gasteiger partial charge in [0.2, 0.25) is 5.75 Å². The van der Waals surface area contributed by atoms with E-state index >= 15 is 0 Å². The maximum absolute atomic E-state index is 5.67. The van der Waals surface area contributed by atoms with E-state index in [-0.39, 0.29) is 6.04 Å². The number of nitrogens with one attached hydrogen (secondary N) is 1. The zero-order valence-electron chi connectivity index (χ0n) is 11.4. The van der Waals surface area contributed by atoms with Crippen LogP contribution in [0.1, 0.15) is 19.9 Å². The molecule has 0 saturated heterocycles. The van der Waals surface area contributed by atoms with E-state index in [0.717, 1.165) is 0 Å². The quantitative estimate of drug-likeness (QED) is 0.890. The predicted molar refractivity (Wildman–Crippen MR) is 70.8 cm³/mol. The molecule has 0 spiro atoms. The third-order valence-electron chi connectivity index (χ3n) is 2.53. The van der Waals surface area contributed by atoms with Crippen LogP contribution in [0.4, 0.5) is 5.82 Å². The summed E-state index contributed by atoms with van der Waals surface area (Å²) < 4.78 is 12.7. The Morgan fingerprint density at radius 3 is 2.68 bits per heavy atom. The lowest BCUT2D eigenvalue weighted by Crippen LogP contribution is -2.01. The Labute approximate surface area is 111 Å². The summed E-state index contributed by atoms with van der Waals surface area (Å²) in [6.07, 6.45) is 4.86. The van der Waals surface area contributed by atoms with Crippen molar-refractivity contribution in [2.45, 2.75) is 19.9 Å². The summed E-state index contributed by atoms with van der Waals surface area (Å²) >= 11 is 0. The van der Waals surface area contributed by atoms with E-state index in [1.165, 1.54) is 6.33 Å². The van der Waals surface area contributed by atoms with Gasteiger partial charge in [0.25, 0.3) is 5.88 Å². The Kier molecular flexibility index (Phi) is 3.84. The van der Waals surface area contributed by atoms with Crippen LogP contribution in [-0.2, 0) is 0 Å². The molecule has 0 bridgehead atoms. The minimum absolute atomic E-state index is 0.275. The lowest BCUT2D eigenvalue weighted by atomic mass is 10.4. The molecule has 0 radical (unpaired) electrons. The Morgan fingerprint density at radius 1 is 1.32 bits per heavy atom. The van der Waals surface area contributed by atoms with Crippen molar-refractivity contribution in [2.24, 2.45) is 0 Å². The van der Waals surface area contributed by atoms with Gasteiger partial charge in [-0.1, -0.05) is 0 Å². The van der Waals surface area contributed by atoms with Gasteiger partial charge in [-0.25, -0.2) is 4.98 Å². The molecule has 7 heteroatoms. The largest absolute Gasteiger partial charge is 0.489 e. The molecule has 0 atom stereocenters. The molecule has 0 unspecified atom stereocenters. The molecular weight excluding hydrogens is 246 g/mol. The van der Waals surface area contributed by atoms with E-state index < -0.39 is 0 Å². The summed E-state index contributed by atoms with van der Waals surface area (Å²) in [5, 5.41) is 7.12. The van der Waals surface area contributed by atoms with Crippen LogP contribution in [0.2, 0.25) is 0 Å². The van der Waals surface area contributed by atoms with Crippen LogP contribution in [0.25, 0.3) is 0 Å². The summed E-state index contributed by atoms with van der Waals surface area (Å²) in [7, 11) is 3.30. The minimum Gasteiger partial charge on any atom is -0.489 e. The highest BCUT2D eigenvalue weighted by Crippen LogP contribution is 2.33. The average Bonchev–Trinajstić information content (AvgIpc) is 2.87. The highest BCUT2D eigenvalue weighted by molar-refractivity contribution is 5.55. The van der Waals surface area contributed by atoms with Crippen molar-refractivity contribution in [3.8, 4) is 17.4 Å². The number of aromatic nitrogens is 4. The van der Waals surface area contributed by atoms with E-state index in [0.29, 0.717) is 23.2 Å². The number of hydrogen-bond donors (Lipinski definition) is 1. The molecule has 0 aliphatic carbocycles. The van der Waals surface area contributed by atoms with Gasteiger partial charge in [0.15, 0.2) is 11.6 Å². The molecule has 2 heterocycles. The van der Waals surface area contributed by atoms with Gasteiger partial charge >= 0.3 is 0 Å². The smallest absolute Gasteiger partial charge is 0.268 e. The van der Waals surface area contributed by atoms with Gasteiger partial charge in [-0.3, -0.25) is 4.68 Å². The predicted octanol–water partition coefficient (Wildman–Crippen LogP) is 2.10. The van der Waals surface area contributed by atoms with Crippen LogP contribution < -0.4 is 14.8 Å². The molecule has 0 fully saturated rings. The van der Waals surface area contributed by atoms with Crippen LogP contribution in [0.5, 0.6) is 17.4 Å². The van der Waals surface area contributed by atoms with Crippen LogP contribution >= 0.6 is 0 Å². The fraction of sp³-hybridized carbons (Fsp3) is 0.417. The lowest BCUT2D eigenvalue weighted by Gasteiger charge is -2.10. The highest BCUT2D eigenvalue weighted by Gasteiger charge is 2.14. The second-order valence-corrected chi connectivity index (χ2v) is 4.16. The molecule has 2 rings (SSSR count). The van der Waals surface area contributed by atoms with Crippen molar-refractivity contribution in [3.63, 3.8) is 0 Å². The van der Waals surface area contributed by atoms with Crippen LogP contribution in [0.3, 0.4) is 0 Å². The van der Waals surface area contributed by atoms with Crippen molar-refractivity contribution in [1.82, 2.24) is 19.7 Å². The summed E-state index contributed by atoms with van der Waals surface area (Å²) in [5.41, 5.74) is 0. The first-order valence-corrected chi connectivity index (χ1v) is 5.94. The molecule has 0 amide bonds. The van der Waals surface area contributed by atoms with Gasteiger partial charge in [0, 0.05) is 13.1 Å². The monoisotopic (exact) mass is 263 g/mol. The van der Waals surface area contributed by atoms with Crippen LogP contribution in [0, 0.1) is 0 Å². The molecule has 2 aromatic heterocycles. The van der Waals surface area contributed by atoms with Gasteiger partial charge in [-0.05, 0) is 13.8 Å². The van der Waals surface area contributed by atoms with Crippen LogP contribution in [-0.4, -0.2) is 33.9 Å². The Balaban J connectivity index is 2.27. The van der Waals surface area contributed by atoms with Gasteiger partial charge in [0.05, 0.1) is 19.5 Å². The summed E-state index contributed by atoms with van der Waals surface area (Å²) in [4.78, 5) is 8.13. The van der Waals surface area contributed by atoms with Crippen molar-refractivity contribution < 1.29 is 9.47 Å². The van der Waals surface area contributed by atoms with Crippen molar-refractivity contribution >= 4 is 5.82 Å². The first-order chi connectivity index (χ1) is 9.15. The first-order valence-electron chi connectivity index (χ1n) is 5.94. The van der Waals surface area contributed by atoms with Crippen molar-refractivity contribution in [3.05, 3.63) is 18.7 Å². The second-order valence-electron chi connectivity index (χ2n) is 4.16. The zero-order valence-corrected chi connectivity index (χ0v) is 11.4. The van der Waals surface area contributed by atoms with E-state index in [2.05, 4.69) is 20.4 Å². The summed E-state index contributed by atoms with van der Waals surface area (Å²) in [6.45, 7) is 4.09. The standard InChI is InChI=1S/C12H17N5O2/c1-8(2)17-6-9(5-16-17)19-12-10(18-4)11(13-3)14-7-15-12/h5-8H,1-4H3,(H,13,14,15). The Morgan fingerprint density at radius 2 is 2.11 bits per heavy atom. The zero-order chi connectivity index (χ0) is 13.8. The molecule has 2 aromatic rings. The molecule has 1 N–H and O–H groups in total. The van der Waals surface area contributed by atoms with Crippen LogP contribution in [0.15, 0.2) is 18.7 Å². The van der Waals surface area contributed by atoms with Crippen molar-refractivity contribution in [1.29, 1.82) is 0 Å². The van der Waals surface area contributed by atoms with E-state index in [9.17, 15) is 0 Å². The fourth-order valence-electron chi connectivity index (χ4n) is 1.56. The second kappa shape index (κ2) is 5.55. The molecule has 7 nitrogen and oxygen atoms in total. The average molecular weight is 263 g/mol. The molecule has 0 aliphatic rings. The fourth-order valence-corrected chi connectivity index (χ4v) is 1.56. The highest BCUT2D eigenvalue weighted by atomic mass is 16.5. The number of methoxy groups -OCH3 is 1. The van der Waals surface area contributed by atoms with Crippen molar-refractivity contribution in [2.75, 3.05) is 19.5 Å². The maximum Gasteiger partial charge on any atom is 0.268 e. The SMILES string of the molecule is CNc1ncnc(Oc2cnn(C(C)C)c2)c1OC. The molecule has 0 aliphatic heterocycles. The van der Waals surface area contributed by atoms with E-state index in [1.807, 2.05) is 24.7 Å². The van der Waals surface area contributed by atoms with E-state index in [1.54, 1.807) is 20.4 Å². The van der Waals surface area contributed by atoms with Gasteiger partial charge < -0.3 is 14.8 Å². The number of anilines is 1. The first kappa shape index (κ1) is 13.1. The Hall–Kier alpha value is -2.31. The van der Waals surface area contributed by atoms with Gasteiger partial charge in [-0.2, -0.15) is 10.1 Å². The number of nitrogens with zero attached hydrogens (tertiary/aromatic N) is 4. The number of ether oxygens (including phenoxy) is 2. The summed E-state index contributed by atoms with van der Waals surface area (Å²) in [6, 6.07) is 0.275. The number of hydrogen-bond acceptors (Lipinski definition) is 6. The molecule has 0 aromatic carbocycles. The van der Waals surface area contributed by atoms with Gasteiger partial charge in [-0.15, -0.1) is 0 Å². The normalized spacial score (nSPS) is 10.6. The molecule has 102 valence electrons. The molecule has 0 saturated carbocycles. The van der Waals surface area contributed by atoms with E-state index in [4.69, 9.17) is 9.47 Å². The minimum atomic E-state index is 0.275. The molecule has 19 heavy (non-hydrogen) atoms. The third-order valence-corrected chi connectivity index (χ3v) is 2.53. The van der Waals surface area contributed by atoms with Gasteiger partial charge in [0.1, 0.15) is 6.33 Å². The summed E-state index contributed by atoms with van der Waals surface area (Å²) in [5.74, 6) is 1.99.